The number of amides is 1. The molecule has 1 aromatic rings. The number of carboxylic acid groups (broad SMARTS) is 1. The highest BCUT2D eigenvalue weighted by Gasteiger charge is 2.41. The highest BCUT2D eigenvalue weighted by molar-refractivity contribution is 7.88. The predicted octanol–water partition coefficient (Wildman–Crippen LogP) is 1.83. The van der Waals surface area contributed by atoms with Crippen LogP contribution in [0.5, 0.6) is 0 Å². The summed E-state index contributed by atoms with van der Waals surface area (Å²) in [6.07, 6.45) is -0.649. The van der Waals surface area contributed by atoms with Gasteiger partial charge >= 0.3 is 12.1 Å². The van der Waals surface area contributed by atoms with E-state index in [1.807, 2.05) is 6.92 Å². The van der Waals surface area contributed by atoms with Crippen molar-refractivity contribution < 1.29 is 27.9 Å². The van der Waals surface area contributed by atoms with E-state index < -0.39 is 33.7 Å². The summed E-state index contributed by atoms with van der Waals surface area (Å²) in [5.74, 6) is -1.58. The van der Waals surface area contributed by atoms with Gasteiger partial charge < -0.3 is 14.7 Å². The van der Waals surface area contributed by atoms with Crippen LogP contribution in [0.15, 0.2) is 24.3 Å². The predicted molar refractivity (Wildman–Crippen MR) is 99.7 cm³/mol. The van der Waals surface area contributed by atoms with Crippen molar-refractivity contribution in [3.63, 3.8) is 0 Å². The fraction of sp³-hybridized carbons (Fsp3) is 0.556. The van der Waals surface area contributed by atoms with Crippen molar-refractivity contribution >= 4 is 22.1 Å². The Morgan fingerprint density at radius 1 is 1.19 bits per heavy atom. The van der Waals surface area contributed by atoms with Crippen LogP contribution in [0.1, 0.15) is 31.9 Å². The number of aryl methyl sites for hydroxylation is 1. The first-order chi connectivity index (χ1) is 12.4. The highest BCUT2D eigenvalue weighted by atomic mass is 32.2. The third-order valence-electron chi connectivity index (χ3n) is 4.09. The van der Waals surface area contributed by atoms with Gasteiger partial charge in [0.15, 0.2) is 0 Å². The molecular weight excluding hydrogens is 372 g/mol. The molecule has 0 spiro atoms. The third-order valence-corrected chi connectivity index (χ3v) is 5.94. The summed E-state index contributed by atoms with van der Waals surface area (Å²) in [6.45, 7) is 6.76. The van der Waals surface area contributed by atoms with E-state index >= 15 is 0 Å². The summed E-state index contributed by atoms with van der Waals surface area (Å²) < 4.78 is 31.8. The molecule has 1 saturated heterocycles. The van der Waals surface area contributed by atoms with Gasteiger partial charge in [-0.05, 0) is 33.3 Å². The number of hydrogen-bond acceptors (Lipinski definition) is 5. The van der Waals surface area contributed by atoms with Crippen LogP contribution in [0, 0.1) is 6.92 Å². The molecule has 1 amide bonds. The number of carbonyl (C=O) groups excluding carboxylic acids is 1. The Kier molecular flexibility index (Phi) is 6.16. The van der Waals surface area contributed by atoms with E-state index in [1.54, 1.807) is 45.0 Å². The molecule has 0 unspecified atom stereocenters. The quantitative estimate of drug-likeness (QED) is 0.830. The number of sulfonamides is 1. The Hall–Kier alpha value is -2.13. The second-order valence-electron chi connectivity index (χ2n) is 7.63. The molecule has 1 aromatic carbocycles. The largest absolute Gasteiger partial charge is 0.480 e. The van der Waals surface area contributed by atoms with E-state index in [1.165, 1.54) is 4.90 Å². The Labute approximate surface area is 159 Å². The van der Waals surface area contributed by atoms with Gasteiger partial charge in [-0.3, -0.25) is 4.79 Å². The van der Waals surface area contributed by atoms with Gasteiger partial charge in [-0.15, -0.1) is 0 Å². The number of hydrogen-bond donors (Lipinski definition) is 1. The Balaban J connectivity index is 2.16. The zero-order valence-electron chi connectivity index (χ0n) is 16.0. The topological polar surface area (TPSA) is 104 Å². The molecule has 1 heterocycles. The number of benzene rings is 1. The van der Waals surface area contributed by atoms with Gasteiger partial charge in [0.05, 0.1) is 12.3 Å². The molecule has 1 atom stereocenters. The summed E-state index contributed by atoms with van der Waals surface area (Å²) in [6, 6.07) is 5.68. The molecule has 27 heavy (non-hydrogen) atoms. The van der Waals surface area contributed by atoms with E-state index in [2.05, 4.69) is 0 Å². The van der Waals surface area contributed by atoms with Crippen LogP contribution in [0.4, 0.5) is 4.79 Å². The monoisotopic (exact) mass is 398 g/mol. The van der Waals surface area contributed by atoms with Crippen LogP contribution in [0.2, 0.25) is 0 Å². The van der Waals surface area contributed by atoms with Gasteiger partial charge in [0.2, 0.25) is 10.0 Å². The Bertz CT molecular complexity index is 798. The van der Waals surface area contributed by atoms with Crippen molar-refractivity contribution in [1.82, 2.24) is 9.21 Å². The lowest BCUT2D eigenvalue weighted by atomic mass is 10.2. The zero-order valence-corrected chi connectivity index (χ0v) is 16.8. The lowest BCUT2D eigenvalue weighted by Crippen LogP contribution is -2.59. The second-order valence-corrected chi connectivity index (χ2v) is 9.55. The van der Waals surface area contributed by atoms with Crippen LogP contribution in [-0.2, 0) is 25.3 Å². The lowest BCUT2D eigenvalue weighted by molar-refractivity contribution is -0.143. The number of carboxylic acids is 1. The number of piperazine rings is 1. The van der Waals surface area contributed by atoms with E-state index in [0.717, 1.165) is 9.87 Å². The van der Waals surface area contributed by atoms with Crippen molar-refractivity contribution in [3.05, 3.63) is 35.4 Å². The number of aliphatic carboxylic acids is 1. The van der Waals surface area contributed by atoms with E-state index in [9.17, 15) is 23.1 Å². The molecule has 0 aromatic heterocycles. The lowest BCUT2D eigenvalue weighted by Gasteiger charge is -2.38. The summed E-state index contributed by atoms with van der Waals surface area (Å²) in [4.78, 5) is 25.1. The minimum atomic E-state index is -3.85. The summed E-state index contributed by atoms with van der Waals surface area (Å²) in [5.41, 5.74) is 0.870. The first-order valence-corrected chi connectivity index (χ1v) is 10.3. The van der Waals surface area contributed by atoms with Crippen molar-refractivity contribution in [2.45, 2.75) is 45.1 Å². The van der Waals surface area contributed by atoms with Crippen LogP contribution in [0.25, 0.3) is 0 Å². The fourth-order valence-electron chi connectivity index (χ4n) is 2.77. The van der Waals surface area contributed by atoms with Crippen molar-refractivity contribution in [2.24, 2.45) is 0 Å². The van der Waals surface area contributed by atoms with E-state index in [0.29, 0.717) is 5.56 Å². The molecule has 9 heteroatoms. The molecule has 0 saturated carbocycles. The van der Waals surface area contributed by atoms with Gasteiger partial charge in [-0.2, -0.15) is 4.31 Å². The third kappa shape index (κ3) is 5.67. The van der Waals surface area contributed by atoms with Crippen LogP contribution in [0.3, 0.4) is 0 Å². The standard InChI is InChI=1S/C18H26N2O6S/c1-13-5-7-14(8-6-13)12-27(24,25)20-10-9-19(11-15(20)16(21)22)17(23)26-18(2,3)4/h5-8,15H,9-12H2,1-4H3,(H,21,22)/t15-/m0/s1. The molecule has 8 nitrogen and oxygen atoms in total. The second kappa shape index (κ2) is 7.85. The number of carbonyl (C=O) groups is 2. The van der Waals surface area contributed by atoms with Crippen molar-refractivity contribution in [2.75, 3.05) is 19.6 Å². The Morgan fingerprint density at radius 3 is 2.30 bits per heavy atom. The van der Waals surface area contributed by atoms with Crippen LogP contribution < -0.4 is 0 Å². The molecule has 1 N–H and O–H groups in total. The molecule has 2 rings (SSSR count). The minimum absolute atomic E-state index is 0.0752. The SMILES string of the molecule is Cc1ccc(CS(=O)(=O)N2CCN(C(=O)OC(C)(C)C)C[C@H]2C(=O)O)cc1. The molecule has 150 valence electrons. The van der Waals surface area contributed by atoms with E-state index in [-0.39, 0.29) is 25.4 Å². The summed E-state index contributed by atoms with van der Waals surface area (Å²) >= 11 is 0. The first-order valence-electron chi connectivity index (χ1n) is 8.65. The summed E-state index contributed by atoms with van der Waals surface area (Å²) in [5, 5.41) is 9.52. The van der Waals surface area contributed by atoms with Gasteiger partial charge in [0.1, 0.15) is 11.6 Å². The maximum absolute atomic E-state index is 12.8. The molecular formula is C18H26N2O6S. The Morgan fingerprint density at radius 2 is 1.78 bits per heavy atom. The first kappa shape index (κ1) is 21.2. The normalized spacial score (nSPS) is 19.0. The summed E-state index contributed by atoms with van der Waals surface area (Å²) in [7, 11) is -3.85. The number of rotatable bonds is 4. The van der Waals surface area contributed by atoms with Crippen LogP contribution >= 0.6 is 0 Å². The van der Waals surface area contributed by atoms with Crippen molar-refractivity contribution in [1.29, 1.82) is 0 Å². The van der Waals surface area contributed by atoms with Crippen LogP contribution in [-0.4, -0.2) is 66.1 Å². The van der Waals surface area contributed by atoms with E-state index in [4.69, 9.17) is 4.74 Å². The van der Waals surface area contributed by atoms with Crippen molar-refractivity contribution in [3.8, 4) is 0 Å². The fourth-order valence-corrected chi connectivity index (χ4v) is 4.45. The maximum Gasteiger partial charge on any atom is 0.410 e. The molecule has 0 bridgehead atoms. The minimum Gasteiger partial charge on any atom is -0.480 e. The molecule has 1 fully saturated rings. The molecule has 1 aliphatic rings. The van der Waals surface area contributed by atoms with Gasteiger partial charge in [-0.1, -0.05) is 29.8 Å². The number of ether oxygens (including phenoxy) is 1. The number of nitrogens with zero attached hydrogens (tertiary/aromatic N) is 2. The van der Waals surface area contributed by atoms with Gasteiger partial charge in [0.25, 0.3) is 0 Å². The maximum atomic E-state index is 12.8. The zero-order chi connectivity index (χ0) is 20.4. The molecule has 0 radical (unpaired) electrons. The van der Waals surface area contributed by atoms with Gasteiger partial charge in [0, 0.05) is 13.1 Å². The smallest absolute Gasteiger partial charge is 0.410 e. The molecule has 0 aliphatic carbocycles. The van der Waals surface area contributed by atoms with Gasteiger partial charge in [-0.25, -0.2) is 13.2 Å². The average Bonchev–Trinajstić information content (AvgIpc) is 2.54. The highest BCUT2D eigenvalue weighted by Crippen LogP contribution is 2.21. The molecule has 1 aliphatic heterocycles. The average molecular weight is 398 g/mol.